The summed E-state index contributed by atoms with van der Waals surface area (Å²) in [6.45, 7) is 16.5. The summed E-state index contributed by atoms with van der Waals surface area (Å²) in [4.78, 5) is 17.6. The van der Waals surface area contributed by atoms with Crippen LogP contribution < -0.4 is 0 Å². The maximum absolute atomic E-state index is 13.1. The van der Waals surface area contributed by atoms with Crippen LogP contribution in [0.1, 0.15) is 76.5 Å². The van der Waals surface area contributed by atoms with E-state index >= 15 is 0 Å². The summed E-state index contributed by atoms with van der Waals surface area (Å²) in [6.07, 6.45) is 2.41. The van der Waals surface area contributed by atoms with Crippen LogP contribution in [0.3, 0.4) is 0 Å². The zero-order chi connectivity index (χ0) is 17.7. The number of nitrogens with zero attached hydrogens (tertiary/aromatic N) is 4. The molecule has 2 fully saturated rings. The second-order valence-corrected chi connectivity index (χ2v) is 9.26. The van der Waals surface area contributed by atoms with Crippen molar-refractivity contribution in [1.29, 1.82) is 0 Å². The van der Waals surface area contributed by atoms with Crippen LogP contribution in [-0.4, -0.2) is 57.2 Å². The molecule has 1 aliphatic heterocycles. The van der Waals surface area contributed by atoms with Crippen LogP contribution in [-0.2, 0) is 5.54 Å². The van der Waals surface area contributed by atoms with Gasteiger partial charge in [0.05, 0.1) is 11.2 Å². The van der Waals surface area contributed by atoms with E-state index in [1.54, 1.807) is 0 Å². The Morgan fingerprint density at radius 2 is 1.58 bits per heavy atom. The van der Waals surface area contributed by atoms with Crippen molar-refractivity contribution in [3.8, 4) is 0 Å². The maximum atomic E-state index is 13.1. The Kier molecular flexibility index (Phi) is 4.27. The van der Waals surface area contributed by atoms with E-state index in [2.05, 4.69) is 46.4 Å². The molecule has 1 aromatic heterocycles. The Morgan fingerprint density at radius 1 is 1.00 bits per heavy atom. The number of piperazine rings is 1. The van der Waals surface area contributed by atoms with E-state index in [9.17, 15) is 4.79 Å². The zero-order valence-corrected chi connectivity index (χ0v) is 16.1. The first-order valence-electron chi connectivity index (χ1n) is 9.22. The summed E-state index contributed by atoms with van der Waals surface area (Å²) in [6, 6.07) is 2.04. The number of carbonyl (C=O) groups excluding carboxylic acids is 1. The van der Waals surface area contributed by atoms with E-state index in [4.69, 9.17) is 5.10 Å². The van der Waals surface area contributed by atoms with Crippen molar-refractivity contribution >= 4 is 5.91 Å². The van der Waals surface area contributed by atoms with Crippen molar-refractivity contribution in [2.75, 3.05) is 26.2 Å². The van der Waals surface area contributed by atoms with Gasteiger partial charge in [-0.3, -0.25) is 14.4 Å². The average Bonchev–Trinajstić information content (AvgIpc) is 3.23. The van der Waals surface area contributed by atoms with Gasteiger partial charge in [-0.2, -0.15) is 5.10 Å². The molecular formula is C19H32N4O. The fraction of sp³-hybridized carbons (Fsp3) is 0.789. The zero-order valence-electron chi connectivity index (χ0n) is 16.1. The van der Waals surface area contributed by atoms with Crippen molar-refractivity contribution in [2.24, 2.45) is 0 Å². The Labute approximate surface area is 146 Å². The van der Waals surface area contributed by atoms with Crippen molar-refractivity contribution in [2.45, 2.75) is 71.4 Å². The normalized spacial score (nSPS) is 20.5. The third-order valence-corrected chi connectivity index (χ3v) is 5.09. The molecule has 5 nitrogen and oxygen atoms in total. The first-order chi connectivity index (χ1) is 11.1. The van der Waals surface area contributed by atoms with Crippen LogP contribution >= 0.6 is 0 Å². The topological polar surface area (TPSA) is 41.4 Å². The van der Waals surface area contributed by atoms with Crippen molar-refractivity contribution in [3.63, 3.8) is 0 Å². The molecule has 1 aliphatic carbocycles. The minimum atomic E-state index is -0.175. The summed E-state index contributed by atoms with van der Waals surface area (Å²) in [5, 5.41) is 4.77. The Bertz CT molecular complexity index is 608. The fourth-order valence-electron chi connectivity index (χ4n) is 3.38. The van der Waals surface area contributed by atoms with E-state index in [1.165, 1.54) is 12.8 Å². The molecule has 134 valence electrons. The highest BCUT2D eigenvalue weighted by molar-refractivity contribution is 5.93. The van der Waals surface area contributed by atoms with E-state index in [1.807, 2.05) is 15.6 Å². The molecule has 3 rings (SSSR count). The van der Waals surface area contributed by atoms with E-state index in [-0.39, 0.29) is 17.0 Å². The Hall–Kier alpha value is -1.36. The molecule has 1 saturated carbocycles. The number of hydrogen-bond donors (Lipinski definition) is 0. The van der Waals surface area contributed by atoms with E-state index < -0.39 is 0 Å². The van der Waals surface area contributed by atoms with Gasteiger partial charge in [-0.05, 0) is 60.5 Å². The molecule has 5 heteroatoms. The first kappa shape index (κ1) is 17.5. The SMILES string of the molecule is CC(C)(C)N1CCN(C(=O)c2cc(C3CC3)nn2C(C)(C)C)CC1. The van der Waals surface area contributed by atoms with Gasteiger partial charge in [0.25, 0.3) is 5.91 Å². The molecule has 1 amide bonds. The van der Waals surface area contributed by atoms with Gasteiger partial charge in [-0.25, -0.2) is 0 Å². The van der Waals surface area contributed by atoms with Gasteiger partial charge in [0.2, 0.25) is 0 Å². The molecule has 0 aromatic carbocycles. The third-order valence-electron chi connectivity index (χ3n) is 5.09. The van der Waals surface area contributed by atoms with Gasteiger partial charge in [0.15, 0.2) is 0 Å². The number of carbonyl (C=O) groups is 1. The smallest absolute Gasteiger partial charge is 0.272 e. The summed E-state index contributed by atoms with van der Waals surface area (Å²) < 4.78 is 1.94. The van der Waals surface area contributed by atoms with Crippen LogP contribution in [0.5, 0.6) is 0 Å². The molecule has 0 spiro atoms. The molecule has 0 unspecified atom stereocenters. The summed E-state index contributed by atoms with van der Waals surface area (Å²) in [5.74, 6) is 0.704. The minimum absolute atomic E-state index is 0.137. The van der Waals surface area contributed by atoms with Gasteiger partial charge < -0.3 is 4.90 Å². The summed E-state index contributed by atoms with van der Waals surface area (Å²) in [5.41, 5.74) is 1.85. The molecular weight excluding hydrogens is 300 g/mol. The van der Waals surface area contributed by atoms with Gasteiger partial charge in [-0.1, -0.05) is 0 Å². The monoisotopic (exact) mass is 332 g/mol. The number of rotatable bonds is 2. The highest BCUT2D eigenvalue weighted by atomic mass is 16.2. The molecule has 0 N–H and O–H groups in total. The predicted octanol–water partition coefficient (Wildman–Crippen LogP) is 3.07. The van der Waals surface area contributed by atoms with E-state index in [0.29, 0.717) is 5.92 Å². The lowest BCUT2D eigenvalue weighted by molar-refractivity contribution is 0.0437. The largest absolute Gasteiger partial charge is 0.335 e. The lowest BCUT2D eigenvalue weighted by Crippen LogP contribution is -2.55. The molecule has 24 heavy (non-hydrogen) atoms. The molecule has 0 bridgehead atoms. The Morgan fingerprint density at radius 3 is 2.04 bits per heavy atom. The molecule has 0 atom stereocenters. The van der Waals surface area contributed by atoms with Crippen molar-refractivity contribution in [3.05, 3.63) is 17.5 Å². The van der Waals surface area contributed by atoms with E-state index in [0.717, 1.165) is 37.6 Å². The first-order valence-corrected chi connectivity index (χ1v) is 9.22. The number of hydrogen-bond acceptors (Lipinski definition) is 3. The molecule has 2 heterocycles. The highest BCUT2D eigenvalue weighted by Crippen LogP contribution is 2.40. The standard InChI is InChI=1S/C19H32N4O/c1-18(2,3)22-11-9-21(10-12-22)17(24)16-13-15(14-7-8-14)20-23(16)19(4,5)6/h13-14H,7-12H2,1-6H3. The van der Waals surface area contributed by atoms with Crippen LogP contribution in [0.25, 0.3) is 0 Å². The molecule has 0 radical (unpaired) electrons. The third kappa shape index (κ3) is 3.51. The average molecular weight is 332 g/mol. The lowest BCUT2D eigenvalue weighted by atomic mass is 10.0. The second-order valence-electron chi connectivity index (χ2n) is 9.26. The maximum Gasteiger partial charge on any atom is 0.272 e. The van der Waals surface area contributed by atoms with Gasteiger partial charge in [0.1, 0.15) is 5.69 Å². The van der Waals surface area contributed by atoms with Gasteiger partial charge >= 0.3 is 0 Å². The number of aromatic nitrogens is 2. The van der Waals surface area contributed by atoms with Crippen LogP contribution in [0, 0.1) is 0 Å². The quantitative estimate of drug-likeness (QED) is 0.836. The lowest BCUT2D eigenvalue weighted by Gasteiger charge is -2.42. The highest BCUT2D eigenvalue weighted by Gasteiger charge is 2.34. The molecule has 2 aliphatic rings. The minimum Gasteiger partial charge on any atom is -0.335 e. The predicted molar refractivity (Wildman–Crippen MR) is 96.4 cm³/mol. The van der Waals surface area contributed by atoms with Crippen molar-refractivity contribution < 1.29 is 4.79 Å². The van der Waals surface area contributed by atoms with Crippen LogP contribution in [0.2, 0.25) is 0 Å². The number of amides is 1. The Balaban J connectivity index is 1.78. The van der Waals surface area contributed by atoms with Crippen LogP contribution in [0.4, 0.5) is 0 Å². The van der Waals surface area contributed by atoms with Crippen LogP contribution in [0.15, 0.2) is 6.07 Å². The molecule has 1 saturated heterocycles. The summed E-state index contributed by atoms with van der Waals surface area (Å²) in [7, 11) is 0. The molecule has 1 aromatic rings. The van der Waals surface area contributed by atoms with Crippen molar-refractivity contribution in [1.82, 2.24) is 19.6 Å². The fourth-order valence-corrected chi connectivity index (χ4v) is 3.38. The second kappa shape index (κ2) is 5.87. The van der Waals surface area contributed by atoms with Gasteiger partial charge in [-0.15, -0.1) is 0 Å². The summed E-state index contributed by atoms with van der Waals surface area (Å²) >= 11 is 0. The van der Waals surface area contributed by atoms with Gasteiger partial charge in [0, 0.05) is 37.6 Å².